The van der Waals surface area contributed by atoms with Gasteiger partial charge in [-0.1, -0.05) is 24.3 Å². The molecule has 28 heavy (non-hydrogen) atoms. The summed E-state index contributed by atoms with van der Waals surface area (Å²) in [7, 11) is 1.91. The third-order valence-corrected chi connectivity index (χ3v) is 5.57. The molecular weight excluding hydrogens is 353 g/mol. The summed E-state index contributed by atoms with van der Waals surface area (Å²) < 4.78 is 13.8. The number of hydrogen-bond donors (Lipinski definition) is 0. The third kappa shape index (κ3) is 6.13. The fraction of sp³-hybridized carbons (Fsp3) is 0.478. The number of hydrogen-bond acceptors (Lipinski definition) is 3. The molecule has 150 valence electrons. The first-order valence-electron chi connectivity index (χ1n) is 10.2. The van der Waals surface area contributed by atoms with Crippen LogP contribution in [-0.4, -0.2) is 53.9 Å². The molecule has 1 atom stereocenters. The van der Waals surface area contributed by atoms with Crippen molar-refractivity contribution in [2.24, 2.45) is 5.92 Å². The zero-order valence-corrected chi connectivity index (χ0v) is 16.7. The van der Waals surface area contributed by atoms with Crippen molar-refractivity contribution in [3.8, 4) is 0 Å². The minimum Gasteiger partial charge on any atom is -0.345 e. The second kappa shape index (κ2) is 10.3. The van der Waals surface area contributed by atoms with Gasteiger partial charge in [-0.3, -0.25) is 9.78 Å². The number of likely N-dealkylation sites (tertiary alicyclic amines) is 1. The van der Waals surface area contributed by atoms with Crippen LogP contribution >= 0.6 is 0 Å². The van der Waals surface area contributed by atoms with Crippen molar-refractivity contribution in [3.05, 3.63) is 65.7 Å². The lowest BCUT2D eigenvalue weighted by Crippen LogP contribution is -2.42. The highest BCUT2D eigenvalue weighted by molar-refractivity contribution is 5.76. The van der Waals surface area contributed by atoms with Gasteiger partial charge in [0.15, 0.2) is 0 Å². The van der Waals surface area contributed by atoms with Gasteiger partial charge < -0.3 is 9.80 Å². The molecule has 5 heteroatoms. The minimum atomic E-state index is -0.116. The Kier molecular flexibility index (Phi) is 7.54. The Morgan fingerprint density at radius 1 is 1.25 bits per heavy atom. The molecular formula is C23H30FN3O. The van der Waals surface area contributed by atoms with Crippen LogP contribution in [0.25, 0.3) is 0 Å². The zero-order chi connectivity index (χ0) is 19.8. The van der Waals surface area contributed by atoms with E-state index in [1.807, 2.05) is 42.4 Å². The number of nitrogens with zero attached hydrogens (tertiary/aromatic N) is 3. The Morgan fingerprint density at radius 3 is 2.89 bits per heavy atom. The topological polar surface area (TPSA) is 36.4 Å². The van der Waals surface area contributed by atoms with Crippen LogP contribution in [0.1, 0.15) is 30.4 Å². The number of amides is 1. The van der Waals surface area contributed by atoms with E-state index in [9.17, 15) is 9.18 Å². The van der Waals surface area contributed by atoms with E-state index < -0.39 is 0 Å². The van der Waals surface area contributed by atoms with Gasteiger partial charge in [0, 0.05) is 45.5 Å². The molecule has 2 aromatic rings. The smallest absolute Gasteiger partial charge is 0.222 e. The quantitative estimate of drug-likeness (QED) is 0.699. The average Bonchev–Trinajstić information content (AvgIpc) is 2.72. The summed E-state index contributed by atoms with van der Waals surface area (Å²) in [4.78, 5) is 20.9. The van der Waals surface area contributed by atoms with Crippen LogP contribution in [-0.2, 0) is 17.6 Å². The van der Waals surface area contributed by atoms with E-state index in [0.717, 1.165) is 63.0 Å². The first-order chi connectivity index (χ1) is 13.6. The highest BCUT2D eigenvalue weighted by Gasteiger charge is 2.22. The average molecular weight is 384 g/mol. The number of carbonyl (C=O) groups excluding carboxylic acids is 1. The summed E-state index contributed by atoms with van der Waals surface area (Å²) in [5, 5.41) is 0. The first kappa shape index (κ1) is 20.5. The number of halogens is 1. The van der Waals surface area contributed by atoms with Gasteiger partial charge in [0.05, 0.1) is 0 Å². The molecule has 0 bridgehead atoms. The van der Waals surface area contributed by atoms with Gasteiger partial charge in [-0.15, -0.1) is 0 Å². The summed E-state index contributed by atoms with van der Waals surface area (Å²) in [5.41, 5.74) is 1.88. The fourth-order valence-corrected chi connectivity index (χ4v) is 3.96. The van der Waals surface area contributed by atoms with Crippen LogP contribution in [0.3, 0.4) is 0 Å². The van der Waals surface area contributed by atoms with Crippen LogP contribution in [0.2, 0.25) is 0 Å². The predicted molar refractivity (Wildman–Crippen MR) is 109 cm³/mol. The van der Waals surface area contributed by atoms with Crippen molar-refractivity contribution < 1.29 is 9.18 Å². The van der Waals surface area contributed by atoms with E-state index in [4.69, 9.17) is 0 Å². The number of carbonyl (C=O) groups is 1. The van der Waals surface area contributed by atoms with E-state index in [1.165, 1.54) is 6.07 Å². The lowest BCUT2D eigenvalue weighted by atomic mass is 9.96. The summed E-state index contributed by atoms with van der Waals surface area (Å²) in [6, 6.07) is 10.9. The predicted octanol–water partition coefficient (Wildman–Crippen LogP) is 3.57. The number of aryl methyl sites for hydroxylation is 1. The molecule has 1 amide bonds. The number of pyridine rings is 1. The third-order valence-electron chi connectivity index (χ3n) is 5.57. The number of rotatable bonds is 8. The zero-order valence-electron chi connectivity index (χ0n) is 16.7. The van der Waals surface area contributed by atoms with Gasteiger partial charge in [-0.25, -0.2) is 4.39 Å². The molecule has 1 fully saturated rings. The highest BCUT2D eigenvalue weighted by atomic mass is 19.1. The van der Waals surface area contributed by atoms with Crippen molar-refractivity contribution in [1.82, 2.24) is 14.8 Å². The molecule has 2 heterocycles. The van der Waals surface area contributed by atoms with E-state index in [-0.39, 0.29) is 11.7 Å². The van der Waals surface area contributed by atoms with Gasteiger partial charge in [-0.2, -0.15) is 0 Å². The lowest BCUT2D eigenvalue weighted by molar-refractivity contribution is -0.130. The molecule has 1 aliphatic rings. The highest BCUT2D eigenvalue weighted by Crippen LogP contribution is 2.19. The van der Waals surface area contributed by atoms with Gasteiger partial charge in [-0.05, 0) is 61.4 Å². The molecule has 1 aliphatic heterocycles. The summed E-state index contributed by atoms with van der Waals surface area (Å²) in [6.07, 6.45) is 7.85. The normalized spacial score (nSPS) is 17.4. The standard InChI is InChI=1S/C23H30FN3O/c1-26(23(28)11-10-19-6-4-13-25-16-19)17-20-7-5-14-27(18-20)15-12-21-8-2-3-9-22(21)24/h2-4,6,8-9,13,16,20H,5,7,10-12,14-15,17-18H2,1H3. The van der Waals surface area contributed by atoms with Crippen LogP contribution in [0, 0.1) is 11.7 Å². The maximum absolute atomic E-state index is 13.8. The van der Waals surface area contributed by atoms with Crippen LogP contribution in [0.5, 0.6) is 0 Å². The minimum absolute atomic E-state index is 0.116. The van der Waals surface area contributed by atoms with E-state index in [2.05, 4.69) is 9.88 Å². The van der Waals surface area contributed by atoms with Crippen LogP contribution < -0.4 is 0 Å². The first-order valence-corrected chi connectivity index (χ1v) is 10.2. The molecule has 0 aliphatic carbocycles. The monoisotopic (exact) mass is 383 g/mol. The number of benzene rings is 1. The number of piperidine rings is 1. The molecule has 1 saturated heterocycles. The second-order valence-electron chi connectivity index (χ2n) is 7.79. The molecule has 1 aromatic heterocycles. The maximum atomic E-state index is 13.8. The van der Waals surface area contributed by atoms with Crippen molar-refractivity contribution in [2.75, 3.05) is 33.2 Å². The summed E-state index contributed by atoms with van der Waals surface area (Å²) in [5.74, 6) is 0.559. The molecule has 4 nitrogen and oxygen atoms in total. The molecule has 1 unspecified atom stereocenters. The molecule has 0 radical (unpaired) electrons. The Balaban J connectivity index is 1.42. The largest absolute Gasteiger partial charge is 0.345 e. The van der Waals surface area contributed by atoms with E-state index in [0.29, 0.717) is 12.3 Å². The van der Waals surface area contributed by atoms with Gasteiger partial charge in [0.2, 0.25) is 5.91 Å². The number of aromatic nitrogens is 1. The fourth-order valence-electron chi connectivity index (χ4n) is 3.96. The molecule has 1 aromatic carbocycles. The van der Waals surface area contributed by atoms with E-state index in [1.54, 1.807) is 12.3 Å². The van der Waals surface area contributed by atoms with Crippen molar-refractivity contribution in [3.63, 3.8) is 0 Å². The lowest BCUT2D eigenvalue weighted by Gasteiger charge is -2.34. The molecule has 0 N–H and O–H groups in total. The Labute approximate surface area is 167 Å². The Bertz CT molecular complexity index is 753. The van der Waals surface area contributed by atoms with Gasteiger partial charge in [0.25, 0.3) is 0 Å². The molecule has 0 spiro atoms. The Hall–Kier alpha value is -2.27. The summed E-state index contributed by atoms with van der Waals surface area (Å²) >= 11 is 0. The SMILES string of the molecule is CN(CC1CCCN(CCc2ccccc2F)C1)C(=O)CCc1cccnc1. The van der Waals surface area contributed by atoms with Gasteiger partial charge >= 0.3 is 0 Å². The van der Waals surface area contributed by atoms with Crippen LogP contribution in [0.15, 0.2) is 48.8 Å². The van der Waals surface area contributed by atoms with Gasteiger partial charge in [0.1, 0.15) is 5.82 Å². The van der Waals surface area contributed by atoms with Crippen molar-refractivity contribution in [2.45, 2.75) is 32.1 Å². The van der Waals surface area contributed by atoms with E-state index >= 15 is 0 Å². The Morgan fingerprint density at radius 2 is 2.11 bits per heavy atom. The van der Waals surface area contributed by atoms with Crippen molar-refractivity contribution in [1.29, 1.82) is 0 Å². The molecule has 0 saturated carbocycles. The second-order valence-corrected chi connectivity index (χ2v) is 7.79. The van der Waals surface area contributed by atoms with Crippen molar-refractivity contribution >= 4 is 5.91 Å². The van der Waals surface area contributed by atoms with Crippen LogP contribution in [0.4, 0.5) is 4.39 Å². The summed E-state index contributed by atoms with van der Waals surface area (Å²) in [6.45, 7) is 3.70. The maximum Gasteiger partial charge on any atom is 0.222 e. The molecule has 3 rings (SSSR count).